The van der Waals surface area contributed by atoms with E-state index in [9.17, 15) is 13.2 Å². The van der Waals surface area contributed by atoms with Crippen molar-refractivity contribution in [3.8, 4) is 5.75 Å². The van der Waals surface area contributed by atoms with Crippen molar-refractivity contribution in [2.75, 3.05) is 17.3 Å². The van der Waals surface area contributed by atoms with Crippen LogP contribution in [0.4, 0.5) is 5.69 Å². The van der Waals surface area contributed by atoms with Crippen molar-refractivity contribution in [3.63, 3.8) is 0 Å². The SMILES string of the molecule is CCOc1ccc(C(=O)N(c2ccc(Cl)cc2)[C@H]2C=CS(=O)(=O)C2)cc1. The molecule has 5 nitrogen and oxygen atoms in total. The molecule has 1 aliphatic heterocycles. The molecule has 0 radical (unpaired) electrons. The summed E-state index contributed by atoms with van der Waals surface area (Å²) in [6.45, 7) is 2.42. The molecule has 1 aliphatic rings. The Morgan fingerprint density at radius 1 is 1.15 bits per heavy atom. The normalized spacial score (nSPS) is 17.8. The Labute approximate surface area is 157 Å². The fourth-order valence-electron chi connectivity index (χ4n) is 2.78. The summed E-state index contributed by atoms with van der Waals surface area (Å²) in [6, 6.07) is 13.0. The molecule has 0 fully saturated rings. The first-order chi connectivity index (χ1) is 12.4. The summed E-state index contributed by atoms with van der Waals surface area (Å²) in [5.41, 5.74) is 1.03. The van der Waals surface area contributed by atoms with Gasteiger partial charge in [-0.3, -0.25) is 4.79 Å². The predicted octanol–water partition coefficient (Wildman–Crippen LogP) is 3.70. The molecule has 136 valence electrons. The van der Waals surface area contributed by atoms with Crippen molar-refractivity contribution in [1.29, 1.82) is 0 Å². The summed E-state index contributed by atoms with van der Waals surface area (Å²) >= 11 is 5.94. The van der Waals surface area contributed by atoms with Crippen molar-refractivity contribution in [3.05, 3.63) is 70.6 Å². The minimum Gasteiger partial charge on any atom is -0.494 e. The van der Waals surface area contributed by atoms with Gasteiger partial charge in [-0.25, -0.2) is 8.42 Å². The zero-order chi connectivity index (χ0) is 18.7. The standard InChI is InChI=1S/C19H18ClNO4S/c1-2-25-18-9-3-14(4-10-18)19(22)21(16-7-5-15(20)6-8-16)17-11-12-26(23,24)13-17/h3-12,17H,2,13H2,1H3/t17-/m0/s1. The van der Waals surface area contributed by atoms with E-state index in [2.05, 4.69) is 0 Å². The molecule has 0 bridgehead atoms. The first kappa shape index (κ1) is 18.5. The summed E-state index contributed by atoms with van der Waals surface area (Å²) in [5.74, 6) is 0.242. The number of anilines is 1. The van der Waals surface area contributed by atoms with Crippen molar-refractivity contribution >= 4 is 33.0 Å². The van der Waals surface area contributed by atoms with Gasteiger partial charge in [-0.15, -0.1) is 0 Å². The molecule has 0 aromatic heterocycles. The topological polar surface area (TPSA) is 63.7 Å². The van der Waals surface area contributed by atoms with E-state index in [0.29, 0.717) is 28.6 Å². The average molecular weight is 392 g/mol. The second-order valence-corrected chi connectivity index (χ2v) is 8.20. The predicted molar refractivity (Wildman–Crippen MR) is 103 cm³/mol. The van der Waals surface area contributed by atoms with E-state index < -0.39 is 15.9 Å². The van der Waals surface area contributed by atoms with Crippen LogP contribution in [-0.2, 0) is 9.84 Å². The molecule has 2 aromatic rings. The summed E-state index contributed by atoms with van der Waals surface area (Å²) in [7, 11) is -3.31. The molecule has 0 spiro atoms. The second kappa shape index (κ2) is 7.51. The van der Waals surface area contributed by atoms with Crippen LogP contribution in [0.2, 0.25) is 5.02 Å². The van der Waals surface area contributed by atoms with Crippen molar-refractivity contribution in [1.82, 2.24) is 0 Å². The van der Waals surface area contributed by atoms with Crippen LogP contribution in [0, 0.1) is 0 Å². The van der Waals surface area contributed by atoms with Gasteiger partial charge in [-0.2, -0.15) is 0 Å². The molecule has 3 rings (SSSR count). The molecule has 1 heterocycles. The fourth-order valence-corrected chi connectivity index (χ4v) is 4.17. The highest BCUT2D eigenvalue weighted by molar-refractivity contribution is 7.94. The van der Waals surface area contributed by atoms with Gasteiger partial charge < -0.3 is 9.64 Å². The van der Waals surface area contributed by atoms with E-state index in [4.69, 9.17) is 16.3 Å². The van der Waals surface area contributed by atoms with E-state index in [1.165, 1.54) is 11.0 Å². The lowest BCUT2D eigenvalue weighted by Gasteiger charge is -2.28. The van der Waals surface area contributed by atoms with Crippen LogP contribution < -0.4 is 9.64 Å². The molecule has 0 aliphatic carbocycles. The third-order valence-corrected chi connectivity index (χ3v) is 5.61. The van der Waals surface area contributed by atoms with Crippen LogP contribution in [0.15, 0.2) is 60.0 Å². The smallest absolute Gasteiger partial charge is 0.258 e. The summed E-state index contributed by atoms with van der Waals surface area (Å²) < 4.78 is 29.1. The number of hydrogen-bond acceptors (Lipinski definition) is 4. The maximum Gasteiger partial charge on any atom is 0.258 e. The van der Waals surface area contributed by atoms with Crippen molar-refractivity contribution in [2.24, 2.45) is 0 Å². The van der Waals surface area contributed by atoms with E-state index in [-0.39, 0.29) is 11.7 Å². The monoisotopic (exact) mass is 391 g/mol. The molecular weight excluding hydrogens is 374 g/mol. The average Bonchev–Trinajstić information content (AvgIpc) is 2.97. The van der Waals surface area contributed by atoms with E-state index in [1.54, 1.807) is 48.5 Å². The molecule has 1 amide bonds. The number of carbonyl (C=O) groups is 1. The Kier molecular flexibility index (Phi) is 5.34. The lowest BCUT2D eigenvalue weighted by molar-refractivity contribution is 0.0983. The largest absolute Gasteiger partial charge is 0.494 e. The van der Waals surface area contributed by atoms with Crippen LogP contribution in [0.5, 0.6) is 5.75 Å². The summed E-state index contributed by atoms with van der Waals surface area (Å²) in [4.78, 5) is 14.6. The highest BCUT2D eigenvalue weighted by Gasteiger charge is 2.32. The molecule has 26 heavy (non-hydrogen) atoms. The Hall–Kier alpha value is -2.31. The van der Waals surface area contributed by atoms with Crippen molar-refractivity contribution in [2.45, 2.75) is 13.0 Å². The van der Waals surface area contributed by atoms with Gasteiger partial charge in [0.15, 0.2) is 9.84 Å². The van der Waals surface area contributed by atoms with E-state index in [0.717, 1.165) is 5.41 Å². The zero-order valence-electron chi connectivity index (χ0n) is 14.1. The van der Waals surface area contributed by atoms with Gasteiger partial charge in [0.1, 0.15) is 5.75 Å². The first-order valence-corrected chi connectivity index (χ1v) is 10.2. The maximum atomic E-state index is 13.1. The number of carbonyl (C=O) groups excluding carboxylic acids is 1. The van der Waals surface area contributed by atoms with Gasteiger partial charge in [0.2, 0.25) is 0 Å². The zero-order valence-corrected chi connectivity index (χ0v) is 15.7. The lowest BCUT2D eigenvalue weighted by Crippen LogP contribution is -2.41. The molecule has 0 N–H and O–H groups in total. The molecule has 0 saturated carbocycles. The first-order valence-electron chi connectivity index (χ1n) is 8.12. The summed E-state index contributed by atoms with van der Waals surface area (Å²) in [6.07, 6.45) is 1.54. The number of nitrogens with zero attached hydrogens (tertiary/aromatic N) is 1. The molecular formula is C19H18ClNO4S. The van der Waals surface area contributed by atoms with Crippen LogP contribution in [0.25, 0.3) is 0 Å². The lowest BCUT2D eigenvalue weighted by atomic mass is 10.1. The minimum absolute atomic E-state index is 0.140. The highest BCUT2D eigenvalue weighted by atomic mass is 35.5. The van der Waals surface area contributed by atoms with E-state index >= 15 is 0 Å². The second-order valence-electron chi connectivity index (χ2n) is 5.83. The molecule has 1 atom stereocenters. The van der Waals surface area contributed by atoms with Crippen LogP contribution >= 0.6 is 11.6 Å². The number of halogens is 1. The molecule has 7 heteroatoms. The van der Waals surface area contributed by atoms with Gasteiger partial charge in [0.25, 0.3) is 5.91 Å². The van der Waals surface area contributed by atoms with E-state index in [1.807, 2.05) is 6.92 Å². The number of amides is 1. The molecule has 0 saturated heterocycles. The Bertz CT molecular complexity index is 921. The number of ether oxygens (including phenoxy) is 1. The third kappa shape index (κ3) is 4.08. The molecule has 2 aromatic carbocycles. The number of benzene rings is 2. The Morgan fingerprint density at radius 3 is 2.35 bits per heavy atom. The van der Waals surface area contributed by atoms with Crippen LogP contribution in [-0.4, -0.2) is 32.7 Å². The summed E-state index contributed by atoms with van der Waals surface area (Å²) in [5, 5.41) is 1.70. The minimum atomic E-state index is -3.31. The fraction of sp³-hybridized carbons (Fsp3) is 0.211. The van der Waals surface area contributed by atoms with Gasteiger partial charge in [0, 0.05) is 21.7 Å². The van der Waals surface area contributed by atoms with Crippen LogP contribution in [0.1, 0.15) is 17.3 Å². The Morgan fingerprint density at radius 2 is 1.81 bits per heavy atom. The number of sulfone groups is 1. The van der Waals surface area contributed by atoms with Gasteiger partial charge in [-0.1, -0.05) is 11.6 Å². The van der Waals surface area contributed by atoms with Crippen molar-refractivity contribution < 1.29 is 17.9 Å². The maximum absolute atomic E-state index is 13.1. The van der Waals surface area contributed by atoms with Gasteiger partial charge >= 0.3 is 0 Å². The number of hydrogen-bond donors (Lipinski definition) is 0. The Balaban J connectivity index is 1.95. The van der Waals surface area contributed by atoms with Gasteiger partial charge in [0.05, 0.1) is 18.4 Å². The highest BCUT2D eigenvalue weighted by Crippen LogP contribution is 2.27. The van der Waals surface area contributed by atoms with Crippen LogP contribution in [0.3, 0.4) is 0 Å². The number of rotatable bonds is 5. The van der Waals surface area contributed by atoms with Gasteiger partial charge in [-0.05, 0) is 61.5 Å². The molecule has 0 unspecified atom stereocenters. The quantitative estimate of drug-likeness (QED) is 0.779. The third-order valence-electron chi connectivity index (χ3n) is 3.98.